The number of H-pyrrole nitrogens is 1. The van der Waals surface area contributed by atoms with Gasteiger partial charge in [-0.25, -0.2) is 5.43 Å². The second kappa shape index (κ2) is 7.18. The Morgan fingerprint density at radius 1 is 1.33 bits per heavy atom. The number of hydrogen-bond acceptors (Lipinski definition) is 6. The lowest BCUT2D eigenvalue weighted by molar-refractivity contribution is 0.317. The molecule has 2 N–H and O–H groups in total. The first-order valence-corrected chi connectivity index (χ1v) is 6.64. The first kappa shape index (κ1) is 14.7. The molecule has 21 heavy (non-hydrogen) atoms. The van der Waals surface area contributed by atoms with E-state index in [1.54, 1.807) is 13.1 Å². The monoisotopic (exact) mass is 287 g/mol. The van der Waals surface area contributed by atoms with Crippen LogP contribution in [-0.2, 0) is 0 Å². The summed E-state index contributed by atoms with van der Waals surface area (Å²) in [5, 5.41) is 11.5. The maximum Gasteiger partial charge on any atom is 0.274 e. The number of ether oxygens (including phenoxy) is 1. The average molecular weight is 287 g/mol. The number of nitrogens with one attached hydrogen (secondary N) is 2. The maximum atomic E-state index is 11.3. The van der Waals surface area contributed by atoms with Gasteiger partial charge < -0.3 is 4.74 Å². The third-order valence-electron chi connectivity index (χ3n) is 2.60. The Hall–Kier alpha value is -2.70. The summed E-state index contributed by atoms with van der Waals surface area (Å²) in [4.78, 5) is 13.9. The summed E-state index contributed by atoms with van der Waals surface area (Å²) in [7, 11) is 0. The molecule has 0 radical (unpaired) electrons. The molecule has 0 fully saturated rings. The minimum Gasteiger partial charge on any atom is -0.494 e. The van der Waals surface area contributed by atoms with Crippen molar-refractivity contribution in [2.24, 2.45) is 5.10 Å². The third kappa shape index (κ3) is 4.41. The summed E-state index contributed by atoms with van der Waals surface area (Å²) < 4.78 is 5.49. The van der Waals surface area contributed by atoms with Gasteiger partial charge in [0.05, 0.1) is 12.8 Å². The largest absolute Gasteiger partial charge is 0.494 e. The molecule has 1 aromatic heterocycles. The van der Waals surface area contributed by atoms with Crippen LogP contribution in [0.5, 0.6) is 5.75 Å². The molecule has 2 rings (SSSR count). The number of aryl methyl sites for hydroxylation is 1. The molecule has 0 spiro atoms. The number of hydrogen-bond donors (Lipinski definition) is 2. The van der Waals surface area contributed by atoms with Crippen molar-refractivity contribution in [3.05, 3.63) is 45.9 Å². The van der Waals surface area contributed by atoms with Crippen LogP contribution in [0.2, 0.25) is 0 Å². The Morgan fingerprint density at radius 3 is 2.76 bits per heavy atom. The average Bonchev–Trinajstić information content (AvgIpc) is 2.50. The Labute approximate surface area is 122 Å². The van der Waals surface area contributed by atoms with Crippen molar-refractivity contribution >= 4 is 12.2 Å². The van der Waals surface area contributed by atoms with Crippen LogP contribution in [0.1, 0.15) is 24.6 Å². The topological polar surface area (TPSA) is 92.3 Å². The minimum absolute atomic E-state index is 0.199. The Balaban J connectivity index is 1.94. The summed E-state index contributed by atoms with van der Waals surface area (Å²) in [5.74, 6) is 1.03. The maximum absolute atomic E-state index is 11.3. The van der Waals surface area contributed by atoms with Gasteiger partial charge in [-0.15, -0.1) is 10.2 Å². The zero-order chi connectivity index (χ0) is 15.1. The van der Waals surface area contributed by atoms with Crippen molar-refractivity contribution in [2.45, 2.75) is 20.3 Å². The van der Waals surface area contributed by atoms with Gasteiger partial charge in [-0.1, -0.05) is 6.92 Å². The van der Waals surface area contributed by atoms with Gasteiger partial charge >= 0.3 is 0 Å². The van der Waals surface area contributed by atoms with E-state index in [4.69, 9.17) is 4.74 Å². The van der Waals surface area contributed by atoms with Crippen LogP contribution in [0.4, 0.5) is 5.95 Å². The van der Waals surface area contributed by atoms with E-state index >= 15 is 0 Å². The first-order valence-electron chi connectivity index (χ1n) is 6.64. The number of hydrazone groups is 1. The Morgan fingerprint density at radius 2 is 2.10 bits per heavy atom. The zero-order valence-electron chi connectivity index (χ0n) is 12.0. The Kier molecular flexibility index (Phi) is 5.03. The molecular formula is C14H17N5O2. The van der Waals surface area contributed by atoms with Gasteiger partial charge in [0.2, 0.25) is 5.95 Å². The van der Waals surface area contributed by atoms with E-state index in [2.05, 4.69) is 32.6 Å². The van der Waals surface area contributed by atoms with Gasteiger partial charge in [-0.2, -0.15) is 5.10 Å². The molecule has 7 nitrogen and oxygen atoms in total. The molecule has 110 valence electrons. The van der Waals surface area contributed by atoms with E-state index in [1.807, 2.05) is 24.3 Å². The van der Waals surface area contributed by atoms with Gasteiger partial charge in [0.25, 0.3) is 5.56 Å². The Bertz CT molecular complexity index is 664. The summed E-state index contributed by atoms with van der Waals surface area (Å²) in [6.07, 6.45) is 2.59. The molecule has 0 aliphatic carbocycles. The molecule has 0 atom stereocenters. The van der Waals surface area contributed by atoms with E-state index in [9.17, 15) is 4.79 Å². The lowest BCUT2D eigenvalue weighted by Crippen LogP contribution is -2.15. The molecule has 0 saturated carbocycles. The molecule has 0 aliphatic rings. The fraction of sp³-hybridized carbons (Fsp3) is 0.286. The quantitative estimate of drug-likeness (QED) is 0.623. The number of aromatic amines is 1. The predicted octanol–water partition coefficient (Wildman–Crippen LogP) is 1.71. The molecule has 7 heteroatoms. The molecule has 2 aromatic rings. The molecule has 0 saturated heterocycles. The van der Waals surface area contributed by atoms with E-state index in [1.165, 1.54) is 0 Å². The number of rotatable bonds is 6. The van der Waals surface area contributed by atoms with Crippen molar-refractivity contribution in [3.8, 4) is 5.75 Å². The van der Waals surface area contributed by atoms with Crippen LogP contribution in [0, 0.1) is 6.92 Å². The molecule has 0 amide bonds. The summed E-state index contributed by atoms with van der Waals surface area (Å²) in [6, 6.07) is 7.54. The molecule has 0 unspecified atom stereocenters. The normalized spacial score (nSPS) is 10.8. The van der Waals surface area contributed by atoms with Crippen molar-refractivity contribution in [2.75, 3.05) is 12.0 Å². The summed E-state index contributed by atoms with van der Waals surface area (Å²) >= 11 is 0. The highest BCUT2D eigenvalue weighted by atomic mass is 16.5. The highest BCUT2D eigenvalue weighted by Crippen LogP contribution is 2.11. The lowest BCUT2D eigenvalue weighted by Gasteiger charge is -2.03. The smallest absolute Gasteiger partial charge is 0.274 e. The van der Waals surface area contributed by atoms with Crippen LogP contribution in [0.25, 0.3) is 0 Å². The van der Waals surface area contributed by atoms with Crippen molar-refractivity contribution in [1.29, 1.82) is 0 Å². The lowest BCUT2D eigenvalue weighted by atomic mass is 10.2. The minimum atomic E-state index is -0.292. The highest BCUT2D eigenvalue weighted by molar-refractivity contribution is 5.80. The molecule has 1 aromatic carbocycles. The van der Waals surface area contributed by atoms with Crippen LogP contribution in [0.15, 0.2) is 34.2 Å². The van der Waals surface area contributed by atoms with Gasteiger partial charge in [0.1, 0.15) is 11.4 Å². The number of nitrogens with zero attached hydrogens (tertiary/aromatic N) is 3. The van der Waals surface area contributed by atoms with Crippen LogP contribution in [0.3, 0.4) is 0 Å². The third-order valence-corrected chi connectivity index (χ3v) is 2.60. The van der Waals surface area contributed by atoms with Gasteiger partial charge in [-0.3, -0.25) is 9.78 Å². The molecule has 0 bridgehead atoms. The van der Waals surface area contributed by atoms with Crippen molar-refractivity contribution in [3.63, 3.8) is 0 Å². The van der Waals surface area contributed by atoms with Crippen molar-refractivity contribution in [1.82, 2.24) is 15.2 Å². The zero-order valence-corrected chi connectivity index (χ0v) is 12.0. The van der Waals surface area contributed by atoms with Crippen LogP contribution < -0.4 is 15.7 Å². The summed E-state index contributed by atoms with van der Waals surface area (Å²) in [6.45, 7) is 4.35. The number of benzene rings is 1. The van der Waals surface area contributed by atoms with E-state index in [-0.39, 0.29) is 11.5 Å². The molecule has 0 aliphatic heterocycles. The molecular weight excluding hydrogens is 270 g/mol. The predicted molar refractivity (Wildman–Crippen MR) is 80.8 cm³/mol. The number of aromatic nitrogens is 3. The van der Waals surface area contributed by atoms with Crippen molar-refractivity contribution < 1.29 is 4.74 Å². The van der Waals surface area contributed by atoms with Crippen LogP contribution in [-0.4, -0.2) is 28.0 Å². The fourth-order valence-corrected chi connectivity index (χ4v) is 1.48. The first-order chi connectivity index (χ1) is 10.2. The van der Waals surface area contributed by atoms with E-state index in [0.717, 1.165) is 17.7 Å². The van der Waals surface area contributed by atoms with Gasteiger partial charge in [0.15, 0.2) is 0 Å². The fourth-order valence-electron chi connectivity index (χ4n) is 1.48. The number of anilines is 1. The second-order valence-corrected chi connectivity index (χ2v) is 4.38. The standard InChI is InChI=1S/C14H17N5O2/c1-3-8-21-12-6-4-11(5-7-12)9-15-18-14-16-13(20)10(2)17-19-14/h4-7,9H,3,8H2,1-2H3,(H2,16,18,19,20)/b15-9+. The van der Waals surface area contributed by atoms with E-state index < -0.39 is 0 Å². The van der Waals surface area contributed by atoms with Gasteiger partial charge in [0, 0.05) is 0 Å². The highest BCUT2D eigenvalue weighted by Gasteiger charge is 1.97. The van der Waals surface area contributed by atoms with Crippen LogP contribution >= 0.6 is 0 Å². The van der Waals surface area contributed by atoms with Gasteiger partial charge in [-0.05, 0) is 43.2 Å². The SMILES string of the molecule is CCCOc1ccc(/C=N/Nc2nnc(C)c(=O)[nH]2)cc1. The van der Waals surface area contributed by atoms with E-state index in [0.29, 0.717) is 12.3 Å². The second-order valence-electron chi connectivity index (χ2n) is 4.38. The summed E-state index contributed by atoms with van der Waals surface area (Å²) in [5.41, 5.74) is 3.54. The molecule has 1 heterocycles.